The number of anilines is 1. The van der Waals surface area contributed by atoms with Crippen molar-refractivity contribution < 1.29 is 0 Å². The van der Waals surface area contributed by atoms with Crippen LogP contribution in [0.15, 0.2) is 31.0 Å². The number of para-hydroxylation sites is 1. The monoisotopic (exact) mass is 173 g/mol. The molecule has 3 nitrogen and oxygen atoms in total. The molecule has 0 aliphatic carbocycles. The van der Waals surface area contributed by atoms with Gasteiger partial charge in [-0.1, -0.05) is 18.7 Å². The van der Waals surface area contributed by atoms with Crippen molar-refractivity contribution in [1.82, 2.24) is 9.97 Å². The smallest absolute Gasteiger partial charge is 0.205 e. The number of hydrogen-bond donors (Lipinski definition) is 2. The molecule has 0 fully saturated rings. The minimum atomic E-state index is 0.735. The summed E-state index contributed by atoms with van der Waals surface area (Å²) >= 11 is 0. The first-order chi connectivity index (χ1) is 6.31. The van der Waals surface area contributed by atoms with Crippen molar-refractivity contribution in [2.45, 2.75) is 6.92 Å². The summed E-state index contributed by atoms with van der Waals surface area (Å²) in [6.07, 6.45) is 1.60. The van der Waals surface area contributed by atoms with Crippen molar-refractivity contribution in [1.29, 1.82) is 0 Å². The summed E-state index contributed by atoms with van der Waals surface area (Å²) in [4.78, 5) is 7.51. The second kappa shape index (κ2) is 2.94. The van der Waals surface area contributed by atoms with Gasteiger partial charge in [0.15, 0.2) is 0 Å². The zero-order valence-electron chi connectivity index (χ0n) is 7.46. The van der Waals surface area contributed by atoms with Crippen molar-refractivity contribution in [2.24, 2.45) is 0 Å². The lowest BCUT2D eigenvalue weighted by atomic mass is 10.2. The van der Waals surface area contributed by atoms with Crippen LogP contribution in [0.5, 0.6) is 0 Å². The highest BCUT2D eigenvalue weighted by molar-refractivity contribution is 5.80. The van der Waals surface area contributed by atoms with E-state index in [2.05, 4.69) is 21.9 Å². The van der Waals surface area contributed by atoms with E-state index in [1.165, 1.54) is 5.56 Å². The first kappa shape index (κ1) is 7.86. The van der Waals surface area contributed by atoms with Gasteiger partial charge in [0.1, 0.15) is 0 Å². The normalized spacial score (nSPS) is 10.2. The number of imidazole rings is 1. The number of nitrogens with one attached hydrogen (secondary N) is 2. The fraction of sp³-hybridized carbons (Fsp3) is 0.100. The van der Waals surface area contributed by atoms with Crippen molar-refractivity contribution >= 4 is 17.0 Å². The zero-order chi connectivity index (χ0) is 9.26. The van der Waals surface area contributed by atoms with Gasteiger partial charge in [-0.3, -0.25) is 0 Å². The van der Waals surface area contributed by atoms with Gasteiger partial charge in [0, 0.05) is 0 Å². The Labute approximate surface area is 76.5 Å². The number of H-pyrrole nitrogens is 1. The molecule has 2 aromatic rings. The minimum absolute atomic E-state index is 0.735. The number of hydrogen-bond acceptors (Lipinski definition) is 2. The lowest BCUT2D eigenvalue weighted by Crippen LogP contribution is -1.86. The summed E-state index contributed by atoms with van der Waals surface area (Å²) in [7, 11) is 0. The maximum Gasteiger partial charge on any atom is 0.205 e. The lowest BCUT2D eigenvalue weighted by Gasteiger charge is -1.90. The Balaban J connectivity index is 2.61. The minimum Gasteiger partial charge on any atom is -0.333 e. The highest BCUT2D eigenvalue weighted by Crippen LogP contribution is 2.17. The molecule has 13 heavy (non-hydrogen) atoms. The van der Waals surface area contributed by atoms with Gasteiger partial charge in [-0.15, -0.1) is 0 Å². The quantitative estimate of drug-likeness (QED) is 0.732. The lowest BCUT2D eigenvalue weighted by molar-refractivity contribution is 1.31. The average Bonchev–Trinajstić information content (AvgIpc) is 2.49. The molecule has 2 N–H and O–H groups in total. The molecule has 0 atom stereocenters. The highest BCUT2D eigenvalue weighted by atomic mass is 15.1. The molecule has 0 unspecified atom stereocenters. The van der Waals surface area contributed by atoms with Gasteiger partial charge in [-0.25, -0.2) is 4.98 Å². The molecule has 2 rings (SSSR count). The molecule has 0 saturated carbocycles. The second-order valence-electron chi connectivity index (χ2n) is 2.90. The number of aromatic amines is 1. The van der Waals surface area contributed by atoms with E-state index in [0.29, 0.717) is 0 Å². The molecular formula is C10H11N3. The fourth-order valence-electron chi connectivity index (χ4n) is 1.34. The average molecular weight is 173 g/mol. The van der Waals surface area contributed by atoms with Gasteiger partial charge in [0.2, 0.25) is 5.95 Å². The van der Waals surface area contributed by atoms with E-state index in [1.54, 1.807) is 6.20 Å². The Morgan fingerprint density at radius 1 is 1.54 bits per heavy atom. The first-order valence-corrected chi connectivity index (χ1v) is 4.14. The van der Waals surface area contributed by atoms with E-state index >= 15 is 0 Å². The number of rotatable bonds is 2. The summed E-state index contributed by atoms with van der Waals surface area (Å²) in [5.41, 5.74) is 3.22. The van der Waals surface area contributed by atoms with Crippen molar-refractivity contribution in [2.75, 3.05) is 5.32 Å². The summed E-state index contributed by atoms with van der Waals surface area (Å²) in [6, 6.07) is 6.05. The van der Waals surface area contributed by atoms with Gasteiger partial charge in [-0.05, 0) is 24.8 Å². The summed E-state index contributed by atoms with van der Waals surface area (Å²) in [5.74, 6) is 0.735. The molecule has 0 amide bonds. The summed E-state index contributed by atoms with van der Waals surface area (Å²) in [6.45, 7) is 5.62. The SMILES string of the molecule is C=CNc1nc2c(C)cccc2[nH]1. The number of benzene rings is 1. The van der Waals surface area contributed by atoms with Gasteiger partial charge in [-0.2, -0.15) is 0 Å². The third-order valence-corrected chi connectivity index (χ3v) is 1.95. The van der Waals surface area contributed by atoms with Gasteiger partial charge in [0.05, 0.1) is 11.0 Å². The summed E-state index contributed by atoms with van der Waals surface area (Å²) < 4.78 is 0. The zero-order valence-corrected chi connectivity index (χ0v) is 7.46. The molecule has 0 saturated heterocycles. The molecule has 1 heterocycles. The van der Waals surface area contributed by atoms with Crippen LogP contribution in [0.1, 0.15) is 5.56 Å². The maximum atomic E-state index is 4.36. The molecule has 66 valence electrons. The van der Waals surface area contributed by atoms with Crippen LogP contribution in [0.25, 0.3) is 11.0 Å². The Kier molecular flexibility index (Phi) is 1.77. The molecule has 3 heteroatoms. The van der Waals surface area contributed by atoms with Crippen LogP contribution in [-0.4, -0.2) is 9.97 Å². The molecule has 1 aromatic heterocycles. The maximum absolute atomic E-state index is 4.36. The van der Waals surface area contributed by atoms with Crippen LogP contribution in [-0.2, 0) is 0 Å². The van der Waals surface area contributed by atoms with E-state index in [9.17, 15) is 0 Å². The van der Waals surface area contributed by atoms with Crippen LogP contribution in [0.2, 0.25) is 0 Å². The van der Waals surface area contributed by atoms with E-state index in [-0.39, 0.29) is 0 Å². The number of fused-ring (bicyclic) bond motifs is 1. The van der Waals surface area contributed by atoms with Crippen molar-refractivity contribution in [3.63, 3.8) is 0 Å². The molecule has 0 spiro atoms. The molecule has 0 aliphatic heterocycles. The van der Waals surface area contributed by atoms with E-state index < -0.39 is 0 Å². The van der Waals surface area contributed by atoms with E-state index in [4.69, 9.17) is 0 Å². The molecular weight excluding hydrogens is 162 g/mol. The molecule has 0 radical (unpaired) electrons. The Morgan fingerprint density at radius 2 is 2.38 bits per heavy atom. The van der Waals surface area contributed by atoms with Gasteiger partial charge >= 0.3 is 0 Å². The van der Waals surface area contributed by atoms with E-state index in [0.717, 1.165) is 17.0 Å². The first-order valence-electron chi connectivity index (χ1n) is 4.14. The topological polar surface area (TPSA) is 40.7 Å². The highest BCUT2D eigenvalue weighted by Gasteiger charge is 2.01. The van der Waals surface area contributed by atoms with Crippen molar-refractivity contribution in [3.8, 4) is 0 Å². The number of aryl methyl sites for hydroxylation is 1. The van der Waals surface area contributed by atoms with Crippen molar-refractivity contribution in [3.05, 3.63) is 36.5 Å². The number of nitrogens with zero attached hydrogens (tertiary/aromatic N) is 1. The van der Waals surface area contributed by atoms with Crippen LogP contribution in [0.4, 0.5) is 5.95 Å². The Bertz CT molecular complexity index is 442. The Hall–Kier alpha value is -1.77. The van der Waals surface area contributed by atoms with Gasteiger partial charge < -0.3 is 10.3 Å². The van der Waals surface area contributed by atoms with E-state index in [1.807, 2.05) is 25.1 Å². The predicted molar refractivity (Wildman–Crippen MR) is 54.7 cm³/mol. The summed E-state index contributed by atoms with van der Waals surface area (Å²) in [5, 5.41) is 2.92. The van der Waals surface area contributed by atoms with Crippen LogP contribution < -0.4 is 5.32 Å². The fourth-order valence-corrected chi connectivity index (χ4v) is 1.34. The predicted octanol–water partition coefficient (Wildman–Crippen LogP) is 2.43. The number of aromatic nitrogens is 2. The second-order valence-corrected chi connectivity index (χ2v) is 2.90. The standard InChI is InChI=1S/C10H11N3/c1-3-11-10-12-8-6-4-5-7(2)9(8)13-10/h3-6H,1H2,2H3,(H2,11,12,13). The van der Waals surface area contributed by atoms with Crippen LogP contribution in [0.3, 0.4) is 0 Å². The molecule has 0 bridgehead atoms. The largest absolute Gasteiger partial charge is 0.333 e. The third-order valence-electron chi connectivity index (χ3n) is 1.95. The van der Waals surface area contributed by atoms with Gasteiger partial charge in [0.25, 0.3) is 0 Å². The molecule has 1 aromatic carbocycles. The molecule has 0 aliphatic rings. The van der Waals surface area contributed by atoms with Crippen LogP contribution >= 0.6 is 0 Å². The Morgan fingerprint density at radius 3 is 3.08 bits per heavy atom. The van der Waals surface area contributed by atoms with Crippen LogP contribution in [0, 0.1) is 6.92 Å². The third kappa shape index (κ3) is 1.28.